The molecule has 3 fully saturated rings. The van der Waals surface area contributed by atoms with Crippen LogP contribution < -0.4 is 4.90 Å². The highest BCUT2D eigenvalue weighted by atomic mass is 19.1. The quantitative estimate of drug-likeness (QED) is 0.630. The van der Waals surface area contributed by atoms with Crippen molar-refractivity contribution in [1.82, 2.24) is 14.5 Å². The fourth-order valence-electron chi connectivity index (χ4n) is 5.41. The monoisotopic (exact) mass is 424 g/mol. The number of ether oxygens (including phenoxy) is 1. The van der Waals surface area contributed by atoms with Crippen LogP contribution >= 0.6 is 0 Å². The minimum Gasteiger partial charge on any atom is -0.356 e. The van der Waals surface area contributed by atoms with Crippen molar-refractivity contribution in [2.24, 2.45) is 0 Å². The van der Waals surface area contributed by atoms with Gasteiger partial charge >= 0.3 is 0 Å². The van der Waals surface area contributed by atoms with Crippen molar-refractivity contribution in [3.05, 3.63) is 65.9 Å². The predicted octanol–water partition coefficient (Wildman–Crippen LogP) is 3.67. The summed E-state index contributed by atoms with van der Waals surface area (Å²) in [5, 5.41) is 4.41. The highest BCUT2D eigenvalue weighted by Crippen LogP contribution is 2.48. The summed E-state index contributed by atoms with van der Waals surface area (Å²) < 4.78 is 35.8. The smallest absolute Gasteiger partial charge is 0.257 e. The van der Waals surface area contributed by atoms with Gasteiger partial charge in [-0.25, -0.2) is 13.3 Å². The Morgan fingerprint density at radius 2 is 1.81 bits per heavy atom. The molecule has 1 amide bonds. The lowest BCUT2D eigenvalue weighted by Crippen LogP contribution is -2.50. The summed E-state index contributed by atoms with van der Waals surface area (Å²) in [5.41, 5.74) is 0.664. The van der Waals surface area contributed by atoms with E-state index in [1.807, 2.05) is 28.8 Å². The lowest BCUT2D eigenvalue weighted by atomic mass is 9.89. The van der Waals surface area contributed by atoms with Gasteiger partial charge < -0.3 is 14.5 Å². The fraction of sp³-hybridized carbons (Fsp3) is 0.391. The van der Waals surface area contributed by atoms with E-state index >= 15 is 0 Å². The zero-order valence-electron chi connectivity index (χ0n) is 16.9. The van der Waals surface area contributed by atoms with Crippen molar-refractivity contribution >= 4 is 17.2 Å². The summed E-state index contributed by atoms with van der Waals surface area (Å²) >= 11 is 0. The number of hydrogen-bond acceptors (Lipinski definition) is 4. The molecule has 6 rings (SSSR count). The van der Waals surface area contributed by atoms with Crippen molar-refractivity contribution < 1.29 is 18.3 Å². The van der Waals surface area contributed by atoms with Crippen LogP contribution in [0.2, 0.25) is 0 Å². The second kappa shape index (κ2) is 6.75. The van der Waals surface area contributed by atoms with E-state index in [1.165, 1.54) is 12.1 Å². The Kier molecular flexibility index (Phi) is 4.08. The predicted molar refractivity (Wildman–Crippen MR) is 109 cm³/mol. The van der Waals surface area contributed by atoms with Crippen molar-refractivity contribution in [3.8, 4) is 0 Å². The minimum atomic E-state index is -0.857. The lowest BCUT2D eigenvalue weighted by Gasteiger charge is -2.38. The van der Waals surface area contributed by atoms with Gasteiger partial charge in [-0.15, -0.1) is 0 Å². The molecular weight excluding hydrogens is 402 g/mol. The molecule has 3 aliphatic rings. The number of halogens is 2. The Labute approximate surface area is 178 Å². The topological polar surface area (TPSA) is 50.1 Å². The van der Waals surface area contributed by atoms with E-state index in [9.17, 15) is 13.6 Å². The average molecular weight is 424 g/mol. The maximum atomic E-state index is 13.8. The second-order valence-electron chi connectivity index (χ2n) is 8.61. The molecule has 31 heavy (non-hydrogen) atoms. The number of pyridine rings is 1. The molecule has 2 aromatic heterocycles. The van der Waals surface area contributed by atoms with E-state index in [1.54, 1.807) is 11.1 Å². The van der Waals surface area contributed by atoms with E-state index < -0.39 is 17.2 Å². The van der Waals surface area contributed by atoms with Gasteiger partial charge in [0.25, 0.3) is 5.91 Å². The summed E-state index contributed by atoms with van der Waals surface area (Å²) in [6, 6.07) is 11.2. The first-order valence-electron chi connectivity index (χ1n) is 10.7. The van der Waals surface area contributed by atoms with Crippen LogP contribution in [-0.2, 0) is 9.53 Å². The Morgan fingerprint density at radius 3 is 2.58 bits per heavy atom. The lowest BCUT2D eigenvalue weighted by molar-refractivity contribution is -0.140. The van der Waals surface area contributed by atoms with Crippen LogP contribution in [0.25, 0.3) is 5.52 Å². The highest BCUT2D eigenvalue weighted by Gasteiger charge is 2.58. The number of piperidine rings is 1. The number of anilines is 1. The number of amides is 1. The molecule has 1 spiro atoms. The number of hydrogen-bond donors (Lipinski definition) is 0. The maximum Gasteiger partial charge on any atom is 0.257 e. The Bertz CT molecular complexity index is 1150. The van der Waals surface area contributed by atoms with Gasteiger partial charge in [0, 0.05) is 32.0 Å². The third-order valence-electron chi connectivity index (χ3n) is 6.89. The zero-order chi connectivity index (χ0) is 21.2. The number of fused-ring (bicyclic) bond motifs is 2. The normalized spacial score (nSPS) is 25.0. The molecule has 0 radical (unpaired) electrons. The second-order valence-corrected chi connectivity index (χ2v) is 8.61. The van der Waals surface area contributed by atoms with Gasteiger partial charge in [-0.1, -0.05) is 6.07 Å². The molecular formula is C23H22F2N4O2. The van der Waals surface area contributed by atoms with Crippen LogP contribution in [-0.4, -0.2) is 45.3 Å². The third-order valence-corrected chi connectivity index (χ3v) is 6.89. The summed E-state index contributed by atoms with van der Waals surface area (Å²) in [4.78, 5) is 17.5. The van der Waals surface area contributed by atoms with Gasteiger partial charge in [0.1, 0.15) is 23.7 Å². The van der Waals surface area contributed by atoms with Crippen LogP contribution in [0.15, 0.2) is 48.7 Å². The molecule has 2 atom stereocenters. The Balaban J connectivity index is 1.24. The van der Waals surface area contributed by atoms with Crippen LogP contribution in [0, 0.1) is 11.6 Å². The SMILES string of the molecule is O=C1N2[C@@H](CC[C@H]2c2cc(F)cc(F)c2)OC12CCN(c1cccc3ccnn13)CC2. The molecule has 5 heterocycles. The molecule has 0 bridgehead atoms. The van der Waals surface area contributed by atoms with E-state index in [0.29, 0.717) is 44.3 Å². The van der Waals surface area contributed by atoms with E-state index in [2.05, 4.69) is 10.00 Å². The van der Waals surface area contributed by atoms with Gasteiger partial charge in [0.15, 0.2) is 5.60 Å². The van der Waals surface area contributed by atoms with Gasteiger partial charge in [-0.2, -0.15) is 5.10 Å². The van der Waals surface area contributed by atoms with E-state index in [-0.39, 0.29) is 18.2 Å². The largest absolute Gasteiger partial charge is 0.356 e. The van der Waals surface area contributed by atoms with Gasteiger partial charge in [0.2, 0.25) is 0 Å². The minimum absolute atomic E-state index is 0.0541. The molecule has 3 aliphatic heterocycles. The molecule has 1 aromatic carbocycles. The maximum absolute atomic E-state index is 13.8. The first kappa shape index (κ1) is 18.7. The highest BCUT2D eigenvalue weighted by molar-refractivity contribution is 5.88. The number of nitrogens with zero attached hydrogens (tertiary/aromatic N) is 4. The van der Waals surface area contributed by atoms with Gasteiger partial charge in [-0.3, -0.25) is 4.79 Å². The van der Waals surface area contributed by atoms with Gasteiger partial charge in [0.05, 0.1) is 17.8 Å². The molecule has 6 nitrogen and oxygen atoms in total. The first-order chi connectivity index (χ1) is 15.0. The Morgan fingerprint density at radius 1 is 1.03 bits per heavy atom. The molecule has 0 N–H and O–H groups in total. The summed E-state index contributed by atoms with van der Waals surface area (Å²) in [6.45, 7) is 1.34. The molecule has 8 heteroatoms. The molecule has 160 valence electrons. The average Bonchev–Trinajstić information content (AvgIpc) is 3.45. The molecule has 0 aliphatic carbocycles. The number of benzene rings is 1. The van der Waals surface area contributed by atoms with Crippen LogP contribution in [0.1, 0.15) is 37.3 Å². The summed E-state index contributed by atoms with van der Waals surface area (Å²) in [7, 11) is 0. The Hall–Kier alpha value is -3.00. The summed E-state index contributed by atoms with van der Waals surface area (Å²) in [5.74, 6) is -0.304. The van der Waals surface area contributed by atoms with Crippen molar-refractivity contribution in [2.45, 2.75) is 43.6 Å². The molecule has 3 saturated heterocycles. The van der Waals surface area contributed by atoms with Crippen LogP contribution in [0.3, 0.4) is 0 Å². The fourth-order valence-corrected chi connectivity index (χ4v) is 5.41. The van der Waals surface area contributed by atoms with E-state index in [0.717, 1.165) is 17.4 Å². The van der Waals surface area contributed by atoms with Crippen LogP contribution in [0.4, 0.5) is 14.6 Å². The first-order valence-corrected chi connectivity index (χ1v) is 10.7. The van der Waals surface area contributed by atoms with Gasteiger partial charge in [-0.05, 0) is 48.7 Å². The molecule has 0 saturated carbocycles. The molecule has 3 aromatic rings. The van der Waals surface area contributed by atoms with Crippen molar-refractivity contribution in [3.63, 3.8) is 0 Å². The number of rotatable bonds is 2. The van der Waals surface area contributed by atoms with Crippen LogP contribution in [0.5, 0.6) is 0 Å². The number of carbonyl (C=O) groups is 1. The summed E-state index contributed by atoms with van der Waals surface area (Å²) in [6.07, 6.45) is 3.90. The van der Waals surface area contributed by atoms with E-state index in [4.69, 9.17) is 4.74 Å². The van der Waals surface area contributed by atoms with Crippen molar-refractivity contribution in [1.29, 1.82) is 0 Å². The number of carbonyl (C=O) groups excluding carboxylic acids is 1. The standard InChI is InChI=1S/C23H22F2N4O2/c24-16-12-15(13-17(25)14-16)19-4-5-21-28(19)22(30)23(31-21)7-10-27(11-8-23)20-3-1-2-18-6-9-26-29(18)20/h1-3,6,9,12-14,19,21H,4-5,7-8,10-11H2/t19-,21+/m0/s1. The van der Waals surface area contributed by atoms with Crippen molar-refractivity contribution in [2.75, 3.05) is 18.0 Å². The third kappa shape index (κ3) is 2.85. The molecule has 0 unspecified atom stereocenters. The zero-order valence-corrected chi connectivity index (χ0v) is 16.9. The number of aromatic nitrogens is 2.